The molecule has 0 aromatic rings. The van der Waals surface area contributed by atoms with Gasteiger partial charge in [-0.2, -0.15) is 0 Å². The zero-order valence-electron chi connectivity index (χ0n) is 12.2. The SMILES string of the molecule is OCC1O[C@@H](O[C@@H]([C@H](O)[C@@H](O)CO)[C@H](O)CO)[C@H](O)[C@@H](O)[C@@H]1O. The largest absolute Gasteiger partial charge is 0.394 e. The van der Waals surface area contributed by atoms with E-state index in [0.29, 0.717) is 0 Å². The molecule has 138 valence electrons. The van der Waals surface area contributed by atoms with Gasteiger partial charge in [0.1, 0.15) is 48.8 Å². The first kappa shape index (κ1) is 20.6. The van der Waals surface area contributed by atoms with E-state index in [2.05, 4.69) is 0 Å². The molecule has 9 atom stereocenters. The van der Waals surface area contributed by atoms with Gasteiger partial charge in [0, 0.05) is 0 Å². The number of ether oxygens (including phenoxy) is 2. The Bertz CT molecular complexity index is 341. The van der Waals surface area contributed by atoms with E-state index in [1.54, 1.807) is 0 Å². The van der Waals surface area contributed by atoms with Gasteiger partial charge in [-0.1, -0.05) is 0 Å². The molecule has 1 fully saturated rings. The molecule has 9 N–H and O–H groups in total. The summed E-state index contributed by atoms with van der Waals surface area (Å²) in [5.41, 5.74) is 0. The normalized spacial score (nSPS) is 37.2. The molecule has 23 heavy (non-hydrogen) atoms. The Morgan fingerprint density at radius 1 is 0.826 bits per heavy atom. The highest BCUT2D eigenvalue weighted by molar-refractivity contribution is 4.91. The summed E-state index contributed by atoms with van der Waals surface area (Å²) in [6.07, 6.45) is -15.1. The van der Waals surface area contributed by atoms with Crippen molar-refractivity contribution in [3.8, 4) is 0 Å². The molecule has 11 nitrogen and oxygen atoms in total. The zero-order chi connectivity index (χ0) is 17.7. The van der Waals surface area contributed by atoms with Crippen LogP contribution in [0.4, 0.5) is 0 Å². The lowest BCUT2D eigenvalue weighted by molar-refractivity contribution is -0.327. The molecule has 0 amide bonds. The van der Waals surface area contributed by atoms with E-state index in [0.717, 1.165) is 0 Å². The first-order valence-corrected chi connectivity index (χ1v) is 7.00. The molecule has 1 heterocycles. The fraction of sp³-hybridized carbons (Fsp3) is 1.00. The monoisotopic (exact) mass is 344 g/mol. The Kier molecular flexibility index (Phi) is 8.20. The van der Waals surface area contributed by atoms with Gasteiger partial charge in [0.15, 0.2) is 6.29 Å². The minimum absolute atomic E-state index is 0.708. The van der Waals surface area contributed by atoms with Gasteiger partial charge in [0.05, 0.1) is 19.8 Å². The third-order valence-electron chi connectivity index (χ3n) is 3.62. The maximum Gasteiger partial charge on any atom is 0.187 e. The average Bonchev–Trinajstić information content (AvgIpc) is 2.57. The maximum absolute atomic E-state index is 9.83. The predicted octanol–water partition coefficient (Wildman–Crippen LogP) is -5.76. The average molecular weight is 344 g/mol. The van der Waals surface area contributed by atoms with Crippen molar-refractivity contribution in [2.24, 2.45) is 0 Å². The van der Waals surface area contributed by atoms with Crippen molar-refractivity contribution < 1.29 is 55.4 Å². The van der Waals surface area contributed by atoms with Crippen LogP contribution < -0.4 is 0 Å². The molecule has 1 aliphatic rings. The van der Waals surface area contributed by atoms with Crippen molar-refractivity contribution in [1.82, 2.24) is 0 Å². The smallest absolute Gasteiger partial charge is 0.187 e. The van der Waals surface area contributed by atoms with Crippen molar-refractivity contribution in [1.29, 1.82) is 0 Å². The van der Waals surface area contributed by atoms with E-state index in [1.165, 1.54) is 0 Å². The van der Waals surface area contributed by atoms with Crippen LogP contribution in [0, 0.1) is 0 Å². The highest BCUT2D eigenvalue weighted by Crippen LogP contribution is 2.24. The highest BCUT2D eigenvalue weighted by atomic mass is 16.7. The van der Waals surface area contributed by atoms with Crippen LogP contribution in [0.3, 0.4) is 0 Å². The Morgan fingerprint density at radius 3 is 1.87 bits per heavy atom. The summed E-state index contributed by atoms with van der Waals surface area (Å²) in [5, 5.41) is 84.9. The molecule has 0 bridgehead atoms. The van der Waals surface area contributed by atoms with Crippen LogP contribution in [-0.2, 0) is 9.47 Å². The van der Waals surface area contributed by atoms with E-state index < -0.39 is 74.9 Å². The molecule has 1 unspecified atom stereocenters. The van der Waals surface area contributed by atoms with Crippen molar-refractivity contribution in [3.05, 3.63) is 0 Å². The van der Waals surface area contributed by atoms with E-state index in [9.17, 15) is 30.6 Å². The molecule has 0 spiro atoms. The van der Waals surface area contributed by atoms with Gasteiger partial charge in [-0.15, -0.1) is 0 Å². The Labute approximate surface area is 131 Å². The summed E-state index contributed by atoms with van der Waals surface area (Å²) in [7, 11) is 0. The van der Waals surface area contributed by atoms with Crippen LogP contribution in [0.1, 0.15) is 0 Å². The molecule has 0 aromatic heterocycles. The first-order chi connectivity index (χ1) is 10.8. The number of hydrogen-bond acceptors (Lipinski definition) is 11. The molecule has 0 aromatic carbocycles. The van der Waals surface area contributed by atoms with Crippen LogP contribution in [0.2, 0.25) is 0 Å². The number of hydrogen-bond donors (Lipinski definition) is 9. The van der Waals surface area contributed by atoms with Gasteiger partial charge in [0.2, 0.25) is 0 Å². The molecule has 1 rings (SSSR count). The lowest BCUT2D eigenvalue weighted by Crippen LogP contribution is -2.61. The van der Waals surface area contributed by atoms with Crippen LogP contribution in [0.25, 0.3) is 0 Å². The van der Waals surface area contributed by atoms with E-state index in [1.807, 2.05) is 0 Å². The fourth-order valence-corrected chi connectivity index (χ4v) is 2.16. The molecule has 0 radical (unpaired) electrons. The molecule has 1 saturated heterocycles. The van der Waals surface area contributed by atoms with E-state index >= 15 is 0 Å². The number of aliphatic hydroxyl groups is 9. The highest BCUT2D eigenvalue weighted by Gasteiger charge is 2.46. The third-order valence-corrected chi connectivity index (χ3v) is 3.62. The lowest BCUT2D eigenvalue weighted by atomic mass is 9.98. The number of aliphatic hydroxyl groups excluding tert-OH is 9. The van der Waals surface area contributed by atoms with Gasteiger partial charge in [0.25, 0.3) is 0 Å². The van der Waals surface area contributed by atoms with Crippen molar-refractivity contribution >= 4 is 0 Å². The Morgan fingerprint density at radius 2 is 1.39 bits per heavy atom. The van der Waals surface area contributed by atoms with Crippen LogP contribution in [0.5, 0.6) is 0 Å². The number of rotatable bonds is 8. The van der Waals surface area contributed by atoms with Crippen molar-refractivity contribution in [3.63, 3.8) is 0 Å². The summed E-state index contributed by atoms with van der Waals surface area (Å²) < 4.78 is 10.1. The van der Waals surface area contributed by atoms with Crippen LogP contribution >= 0.6 is 0 Å². The molecule has 0 aliphatic carbocycles. The second-order valence-corrected chi connectivity index (χ2v) is 5.29. The molecule has 0 saturated carbocycles. The van der Waals surface area contributed by atoms with E-state index in [-0.39, 0.29) is 0 Å². The quantitative estimate of drug-likeness (QED) is 0.203. The lowest BCUT2D eigenvalue weighted by Gasteiger charge is -2.42. The Hall–Kier alpha value is -0.440. The van der Waals surface area contributed by atoms with Gasteiger partial charge in [-0.05, 0) is 0 Å². The minimum atomic E-state index is -1.85. The van der Waals surface area contributed by atoms with Crippen molar-refractivity contribution in [2.45, 2.75) is 55.1 Å². The Balaban J connectivity index is 2.89. The standard InChI is InChI=1S/C12H24O11/c13-1-4(16)7(18)11(5(17)2-14)23-12-10(21)9(20)8(19)6(3-15)22-12/h4-21H,1-3H2/t4-,5+,6?,7+,8+,9-,10+,11+,12-/m0/s1. The van der Waals surface area contributed by atoms with Gasteiger partial charge < -0.3 is 55.4 Å². The topological polar surface area (TPSA) is 201 Å². The molecule has 11 heteroatoms. The summed E-state index contributed by atoms with van der Waals surface area (Å²) in [6.45, 7) is -2.45. The maximum atomic E-state index is 9.83. The van der Waals surface area contributed by atoms with Gasteiger partial charge in [-0.25, -0.2) is 0 Å². The minimum Gasteiger partial charge on any atom is -0.394 e. The van der Waals surface area contributed by atoms with Gasteiger partial charge in [-0.3, -0.25) is 0 Å². The summed E-state index contributed by atoms with van der Waals surface area (Å²) in [5.74, 6) is 0. The third kappa shape index (κ3) is 4.78. The van der Waals surface area contributed by atoms with Crippen LogP contribution in [0.15, 0.2) is 0 Å². The summed E-state index contributed by atoms with van der Waals surface area (Å²) >= 11 is 0. The fourth-order valence-electron chi connectivity index (χ4n) is 2.16. The van der Waals surface area contributed by atoms with Gasteiger partial charge >= 0.3 is 0 Å². The molecular formula is C12H24O11. The van der Waals surface area contributed by atoms with E-state index in [4.69, 9.17) is 24.8 Å². The summed E-state index contributed by atoms with van der Waals surface area (Å²) in [4.78, 5) is 0. The second kappa shape index (κ2) is 9.15. The predicted molar refractivity (Wildman–Crippen MR) is 70.8 cm³/mol. The summed E-state index contributed by atoms with van der Waals surface area (Å²) in [6, 6.07) is 0. The first-order valence-electron chi connectivity index (χ1n) is 7.00. The van der Waals surface area contributed by atoms with Crippen molar-refractivity contribution in [2.75, 3.05) is 19.8 Å². The van der Waals surface area contributed by atoms with Crippen LogP contribution in [-0.4, -0.2) is 121 Å². The second-order valence-electron chi connectivity index (χ2n) is 5.29. The molecular weight excluding hydrogens is 320 g/mol. The zero-order valence-corrected chi connectivity index (χ0v) is 12.2. The molecule has 1 aliphatic heterocycles.